The van der Waals surface area contributed by atoms with Gasteiger partial charge in [-0.25, -0.2) is 0 Å². The molecule has 2 fully saturated rings. The maximum absolute atomic E-state index is 12.8. The Morgan fingerprint density at radius 3 is 2.33 bits per heavy atom. The van der Waals surface area contributed by atoms with Crippen molar-refractivity contribution in [3.8, 4) is 0 Å². The van der Waals surface area contributed by atoms with E-state index in [2.05, 4.69) is 38.2 Å². The average Bonchev–Trinajstić information content (AvgIpc) is 3.19. The van der Waals surface area contributed by atoms with Gasteiger partial charge in [-0.15, -0.1) is 11.3 Å². The molecule has 4 rings (SSSR count). The van der Waals surface area contributed by atoms with Crippen molar-refractivity contribution >= 4 is 40.2 Å². The highest BCUT2D eigenvalue weighted by Crippen LogP contribution is 2.24. The fourth-order valence-corrected chi connectivity index (χ4v) is 5.42. The van der Waals surface area contributed by atoms with E-state index in [0.29, 0.717) is 0 Å². The Kier molecular flexibility index (Phi) is 7.31. The molecule has 2 aliphatic heterocycles. The fourth-order valence-electron chi connectivity index (χ4n) is 4.29. The van der Waals surface area contributed by atoms with E-state index in [-0.39, 0.29) is 11.9 Å². The molecule has 30 heavy (non-hydrogen) atoms. The molecule has 5 nitrogen and oxygen atoms in total. The molecule has 0 aliphatic carbocycles. The zero-order valence-electron chi connectivity index (χ0n) is 17.6. The van der Waals surface area contributed by atoms with Crippen LogP contribution in [0.3, 0.4) is 0 Å². The van der Waals surface area contributed by atoms with E-state index in [1.165, 1.54) is 29.8 Å². The van der Waals surface area contributed by atoms with Gasteiger partial charge in [-0.05, 0) is 62.6 Å². The van der Waals surface area contributed by atoms with Crippen LogP contribution in [0.2, 0.25) is 4.34 Å². The van der Waals surface area contributed by atoms with Crippen molar-refractivity contribution in [1.29, 1.82) is 0 Å². The second-order valence-corrected chi connectivity index (χ2v) is 10.1. The predicted octanol–water partition coefficient (Wildman–Crippen LogP) is 4.54. The number of halogens is 1. The number of nitrogens with zero attached hydrogens (tertiary/aromatic N) is 3. The lowest BCUT2D eigenvalue weighted by Crippen LogP contribution is -2.52. The smallest absolute Gasteiger partial charge is 0.241 e. The summed E-state index contributed by atoms with van der Waals surface area (Å²) in [6.07, 6.45) is 3.87. The van der Waals surface area contributed by atoms with Crippen LogP contribution in [0.1, 0.15) is 31.1 Å². The van der Waals surface area contributed by atoms with E-state index in [1.54, 1.807) is 11.3 Å². The van der Waals surface area contributed by atoms with Gasteiger partial charge in [0.2, 0.25) is 5.91 Å². The molecule has 1 N–H and O–H groups in total. The largest absolute Gasteiger partial charge is 0.372 e. The maximum Gasteiger partial charge on any atom is 0.241 e. The van der Waals surface area contributed by atoms with Crippen molar-refractivity contribution in [2.75, 3.05) is 49.5 Å². The van der Waals surface area contributed by atoms with Crippen LogP contribution in [0.15, 0.2) is 36.4 Å². The van der Waals surface area contributed by atoms with E-state index < -0.39 is 0 Å². The molecule has 0 unspecified atom stereocenters. The summed E-state index contributed by atoms with van der Waals surface area (Å²) in [6.45, 7) is 8.96. The van der Waals surface area contributed by atoms with Gasteiger partial charge in [0.1, 0.15) is 0 Å². The number of amides is 1. The van der Waals surface area contributed by atoms with Crippen LogP contribution in [-0.2, 0) is 11.3 Å². The Morgan fingerprint density at radius 2 is 1.70 bits per heavy atom. The average molecular weight is 447 g/mol. The van der Waals surface area contributed by atoms with Crippen LogP contribution >= 0.6 is 22.9 Å². The van der Waals surface area contributed by atoms with Gasteiger partial charge >= 0.3 is 0 Å². The minimum absolute atomic E-state index is 0.0687. The third-order valence-electron chi connectivity index (χ3n) is 6.20. The maximum atomic E-state index is 12.8. The lowest BCUT2D eigenvalue weighted by molar-refractivity contribution is -0.121. The SMILES string of the molecule is C[C@H](C(=O)Nc1ccc(N2CCCCC2)cc1)N1CCN(Cc2ccc(Cl)s2)CC1. The van der Waals surface area contributed by atoms with E-state index >= 15 is 0 Å². The molecule has 1 aromatic carbocycles. The summed E-state index contributed by atoms with van der Waals surface area (Å²) < 4.78 is 0.845. The number of anilines is 2. The molecule has 7 heteroatoms. The lowest BCUT2D eigenvalue weighted by Gasteiger charge is -2.37. The van der Waals surface area contributed by atoms with Crippen molar-refractivity contribution in [3.05, 3.63) is 45.6 Å². The molecule has 0 radical (unpaired) electrons. The summed E-state index contributed by atoms with van der Waals surface area (Å²) in [6, 6.07) is 12.2. The van der Waals surface area contributed by atoms with Crippen LogP contribution in [-0.4, -0.2) is 61.0 Å². The molecule has 3 heterocycles. The number of rotatable bonds is 6. The number of carbonyl (C=O) groups is 1. The molecule has 1 aromatic heterocycles. The zero-order valence-corrected chi connectivity index (χ0v) is 19.2. The van der Waals surface area contributed by atoms with E-state index in [1.807, 2.05) is 25.1 Å². The number of benzene rings is 1. The molecule has 2 aliphatic rings. The third kappa shape index (κ3) is 5.55. The van der Waals surface area contributed by atoms with Crippen molar-refractivity contribution < 1.29 is 4.79 Å². The number of hydrogen-bond donors (Lipinski definition) is 1. The van der Waals surface area contributed by atoms with Gasteiger partial charge in [-0.3, -0.25) is 14.6 Å². The van der Waals surface area contributed by atoms with Gasteiger partial charge in [-0.1, -0.05) is 11.6 Å². The minimum Gasteiger partial charge on any atom is -0.372 e. The number of piperazine rings is 1. The molecule has 0 spiro atoms. The highest BCUT2D eigenvalue weighted by atomic mass is 35.5. The van der Waals surface area contributed by atoms with Crippen LogP contribution in [0.4, 0.5) is 11.4 Å². The number of carbonyl (C=O) groups excluding carboxylic acids is 1. The lowest BCUT2D eigenvalue weighted by atomic mass is 10.1. The molecule has 2 aromatic rings. The van der Waals surface area contributed by atoms with Crippen LogP contribution in [0, 0.1) is 0 Å². The molecule has 162 valence electrons. The Balaban J connectivity index is 1.24. The zero-order chi connectivity index (χ0) is 20.9. The summed E-state index contributed by atoms with van der Waals surface area (Å²) in [5.41, 5.74) is 2.13. The van der Waals surface area contributed by atoms with Gasteiger partial charge < -0.3 is 10.2 Å². The highest BCUT2D eigenvalue weighted by Gasteiger charge is 2.26. The van der Waals surface area contributed by atoms with Crippen molar-refractivity contribution in [2.24, 2.45) is 0 Å². The molecule has 0 saturated carbocycles. The fraction of sp³-hybridized carbons (Fsp3) is 0.522. The first-order chi connectivity index (χ1) is 14.6. The number of nitrogens with one attached hydrogen (secondary N) is 1. The summed E-state index contributed by atoms with van der Waals surface area (Å²) >= 11 is 7.68. The van der Waals surface area contributed by atoms with Crippen molar-refractivity contribution in [1.82, 2.24) is 9.80 Å². The summed E-state index contributed by atoms with van der Waals surface area (Å²) in [5, 5.41) is 3.10. The second-order valence-electron chi connectivity index (χ2n) is 8.28. The Bertz CT molecular complexity index is 826. The first kappa shape index (κ1) is 21.6. The number of thiophene rings is 1. The Morgan fingerprint density at radius 1 is 1.00 bits per heavy atom. The van der Waals surface area contributed by atoms with Gasteiger partial charge in [0.25, 0.3) is 0 Å². The normalized spacial score (nSPS) is 19.6. The Labute approximate surface area is 188 Å². The first-order valence-corrected chi connectivity index (χ1v) is 12.1. The van der Waals surface area contributed by atoms with E-state index in [9.17, 15) is 4.79 Å². The van der Waals surface area contributed by atoms with Gasteiger partial charge in [0.15, 0.2) is 0 Å². The van der Waals surface area contributed by atoms with E-state index in [4.69, 9.17) is 11.6 Å². The van der Waals surface area contributed by atoms with Crippen LogP contribution in [0.5, 0.6) is 0 Å². The topological polar surface area (TPSA) is 38.8 Å². The molecule has 0 bridgehead atoms. The summed E-state index contributed by atoms with van der Waals surface area (Å²) in [7, 11) is 0. The third-order valence-corrected chi connectivity index (χ3v) is 7.41. The molecule has 1 atom stereocenters. The van der Waals surface area contributed by atoms with E-state index in [0.717, 1.165) is 55.8 Å². The monoisotopic (exact) mass is 446 g/mol. The van der Waals surface area contributed by atoms with Crippen LogP contribution < -0.4 is 10.2 Å². The minimum atomic E-state index is -0.134. The summed E-state index contributed by atoms with van der Waals surface area (Å²) in [4.78, 5) is 21.2. The quantitative estimate of drug-likeness (QED) is 0.707. The standard InChI is InChI=1S/C23H31ClN4OS/c1-18(27-15-13-26(14-16-27)17-21-9-10-22(24)30-21)23(29)25-19-5-7-20(8-6-19)28-11-3-2-4-12-28/h5-10,18H,2-4,11-17H2,1H3,(H,25,29)/t18-/m1/s1. The molecular weight excluding hydrogens is 416 g/mol. The first-order valence-electron chi connectivity index (χ1n) is 10.9. The predicted molar refractivity (Wildman–Crippen MR) is 127 cm³/mol. The summed E-state index contributed by atoms with van der Waals surface area (Å²) in [5.74, 6) is 0.0687. The van der Waals surface area contributed by atoms with Gasteiger partial charge in [-0.2, -0.15) is 0 Å². The van der Waals surface area contributed by atoms with Crippen molar-refractivity contribution in [2.45, 2.75) is 38.8 Å². The number of piperidine rings is 1. The molecule has 1 amide bonds. The second kappa shape index (κ2) is 10.1. The van der Waals surface area contributed by atoms with Crippen molar-refractivity contribution in [3.63, 3.8) is 0 Å². The molecular formula is C23H31ClN4OS. The molecule has 2 saturated heterocycles. The van der Waals surface area contributed by atoms with Crippen LogP contribution in [0.25, 0.3) is 0 Å². The highest BCUT2D eigenvalue weighted by molar-refractivity contribution is 7.16. The Hall–Kier alpha value is -1.60. The van der Waals surface area contributed by atoms with Gasteiger partial charge in [0, 0.05) is 62.1 Å². The number of hydrogen-bond acceptors (Lipinski definition) is 5. The van der Waals surface area contributed by atoms with Gasteiger partial charge in [0.05, 0.1) is 10.4 Å².